The van der Waals surface area contributed by atoms with E-state index in [0.717, 1.165) is 12.5 Å². The first-order valence-corrected chi connectivity index (χ1v) is 8.42. The number of hydrogen-bond donors (Lipinski definition) is 2. The number of halogens is 2. The molecule has 0 radical (unpaired) electrons. The van der Waals surface area contributed by atoms with Gasteiger partial charge in [-0.15, -0.1) is 0 Å². The van der Waals surface area contributed by atoms with Gasteiger partial charge in [-0.05, 0) is 30.7 Å². The van der Waals surface area contributed by atoms with Crippen LogP contribution in [-0.2, 0) is 0 Å². The van der Waals surface area contributed by atoms with Crippen molar-refractivity contribution in [3.63, 3.8) is 0 Å². The summed E-state index contributed by atoms with van der Waals surface area (Å²) in [5, 5.41) is 16.3. The van der Waals surface area contributed by atoms with Gasteiger partial charge in [0, 0.05) is 23.7 Å². The molecule has 9 heteroatoms. The quantitative estimate of drug-likeness (QED) is 0.562. The molecular formula is C17H15Cl2N3O4. The molecule has 0 unspecified atom stereocenters. The molecule has 0 heterocycles. The molecule has 0 aliphatic heterocycles. The van der Waals surface area contributed by atoms with Crippen LogP contribution in [0.3, 0.4) is 0 Å². The molecule has 0 atom stereocenters. The summed E-state index contributed by atoms with van der Waals surface area (Å²) >= 11 is 11.9. The number of nitrogens with one attached hydrogen (secondary N) is 2. The predicted molar refractivity (Wildman–Crippen MR) is 100 cm³/mol. The number of anilines is 1. The fraction of sp³-hybridized carbons (Fsp3) is 0.176. The number of nitro groups is 1. The zero-order chi connectivity index (χ0) is 19.3. The van der Waals surface area contributed by atoms with E-state index >= 15 is 0 Å². The molecule has 2 aromatic carbocycles. The predicted octanol–water partition coefficient (Wildman–Crippen LogP) is 4.29. The van der Waals surface area contributed by atoms with Gasteiger partial charge in [-0.3, -0.25) is 19.7 Å². The molecule has 0 aliphatic rings. The standard InChI is InChI=1S/C17H15Cl2N3O4/c1-2-7-20-16(23)13-5-3-10(18)8-15(13)21-17(24)12-6-4-11(22(25)26)9-14(12)19/h3-6,8-9H,2,7H2,1H3,(H,20,23)(H,21,24). The second kappa shape index (κ2) is 8.64. The molecule has 26 heavy (non-hydrogen) atoms. The highest BCUT2D eigenvalue weighted by molar-refractivity contribution is 6.35. The van der Waals surface area contributed by atoms with E-state index in [4.69, 9.17) is 23.2 Å². The van der Waals surface area contributed by atoms with Crippen LogP contribution in [0.2, 0.25) is 10.0 Å². The zero-order valence-electron chi connectivity index (χ0n) is 13.7. The number of amides is 2. The number of non-ortho nitro benzene ring substituents is 1. The SMILES string of the molecule is CCCNC(=O)c1ccc(Cl)cc1NC(=O)c1ccc([N+](=O)[O-])cc1Cl. The number of nitro benzene ring substituents is 1. The molecule has 0 fully saturated rings. The van der Waals surface area contributed by atoms with Crippen LogP contribution >= 0.6 is 23.2 Å². The van der Waals surface area contributed by atoms with E-state index in [-0.39, 0.29) is 33.4 Å². The van der Waals surface area contributed by atoms with E-state index in [1.807, 2.05) is 6.92 Å². The van der Waals surface area contributed by atoms with Crippen molar-refractivity contribution >= 4 is 46.4 Å². The van der Waals surface area contributed by atoms with E-state index in [2.05, 4.69) is 10.6 Å². The van der Waals surface area contributed by atoms with Gasteiger partial charge in [-0.2, -0.15) is 0 Å². The molecule has 7 nitrogen and oxygen atoms in total. The molecule has 0 aliphatic carbocycles. The third kappa shape index (κ3) is 4.71. The van der Waals surface area contributed by atoms with Crippen LogP contribution < -0.4 is 10.6 Å². The summed E-state index contributed by atoms with van der Waals surface area (Å²) in [6, 6.07) is 7.99. The molecule has 136 valence electrons. The first-order chi connectivity index (χ1) is 12.3. The Hall–Kier alpha value is -2.64. The van der Waals surface area contributed by atoms with E-state index < -0.39 is 10.8 Å². The third-order valence-corrected chi connectivity index (χ3v) is 3.97. The topological polar surface area (TPSA) is 101 Å². The van der Waals surface area contributed by atoms with Gasteiger partial charge in [0.05, 0.1) is 26.8 Å². The van der Waals surface area contributed by atoms with Gasteiger partial charge in [0.1, 0.15) is 0 Å². The number of carbonyl (C=O) groups excluding carboxylic acids is 2. The summed E-state index contributed by atoms with van der Waals surface area (Å²) < 4.78 is 0. The summed E-state index contributed by atoms with van der Waals surface area (Å²) in [6.07, 6.45) is 0.763. The summed E-state index contributed by atoms with van der Waals surface area (Å²) in [7, 11) is 0. The highest BCUT2D eigenvalue weighted by atomic mass is 35.5. The van der Waals surface area contributed by atoms with Crippen LogP contribution in [0.15, 0.2) is 36.4 Å². The number of nitrogens with zero attached hydrogens (tertiary/aromatic N) is 1. The monoisotopic (exact) mass is 395 g/mol. The Morgan fingerprint density at radius 3 is 2.38 bits per heavy atom. The van der Waals surface area contributed by atoms with Gasteiger partial charge in [0.15, 0.2) is 0 Å². The Kier molecular flexibility index (Phi) is 6.54. The largest absolute Gasteiger partial charge is 0.352 e. The lowest BCUT2D eigenvalue weighted by molar-refractivity contribution is -0.384. The van der Waals surface area contributed by atoms with Crippen LogP contribution in [0, 0.1) is 10.1 Å². The van der Waals surface area contributed by atoms with Crippen LogP contribution in [-0.4, -0.2) is 23.3 Å². The van der Waals surface area contributed by atoms with Gasteiger partial charge in [-0.1, -0.05) is 30.1 Å². The van der Waals surface area contributed by atoms with Crippen LogP contribution in [0.1, 0.15) is 34.1 Å². The van der Waals surface area contributed by atoms with Crippen molar-refractivity contribution < 1.29 is 14.5 Å². The van der Waals surface area contributed by atoms with Crippen LogP contribution in [0.5, 0.6) is 0 Å². The first-order valence-electron chi connectivity index (χ1n) is 7.66. The lowest BCUT2D eigenvalue weighted by atomic mass is 10.1. The number of benzene rings is 2. The first kappa shape index (κ1) is 19.7. The maximum Gasteiger partial charge on any atom is 0.270 e. The average Bonchev–Trinajstić information content (AvgIpc) is 2.59. The van der Waals surface area contributed by atoms with Crippen molar-refractivity contribution in [1.82, 2.24) is 5.32 Å². The number of carbonyl (C=O) groups is 2. The molecule has 2 aromatic rings. The molecule has 0 saturated carbocycles. The van der Waals surface area contributed by atoms with Crippen molar-refractivity contribution in [3.8, 4) is 0 Å². The fourth-order valence-corrected chi connectivity index (χ4v) is 2.58. The van der Waals surface area contributed by atoms with Crippen molar-refractivity contribution in [1.29, 1.82) is 0 Å². The Morgan fingerprint density at radius 2 is 1.77 bits per heavy atom. The molecule has 2 rings (SSSR count). The van der Waals surface area contributed by atoms with E-state index in [1.54, 1.807) is 0 Å². The number of hydrogen-bond acceptors (Lipinski definition) is 4. The van der Waals surface area contributed by atoms with Gasteiger partial charge in [-0.25, -0.2) is 0 Å². The van der Waals surface area contributed by atoms with Gasteiger partial charge < -0.3 is 10.6 Å². The van der Waals surface area contributed by atoms with Crippen LogP contribution in [0.25, 0.3) is 0 Å². The molecule has 0 spiro atoms. The molecule has 0 saturated heterocycles. The van der Waals surface area contributed by atoms with E-state index in [9.17, 15) is 19.7 Å². The number of rotatable bonds is 6. The summed E-state index contributed by atoms with van der Waals surface area (Å²) in [5.41, 5.74) is 0.269. The van der Waals surface area contributed by atoms with E-state index in [0.29, 0.717) is 11.6 Å². The maximum absolute atomic E-state index is 12.5. The third-order valence-electron chi connectivity index (χ3n) is 3.42. The highest BCUT2D eigenvalue weighted by Crippen LogP contribution is 2.26. The summed E-state index contributed by atoms with van der Waals surface area (Å²) in [4.78, 5) is 34.9. The zero-order valence-corrected chi connectivity index (χ0v) is 15.2. The maximum atomic E-state index is 12.5. The van der Waals surface area contributed by atoms with Gasteiger partial charge in [0.25, 0.3) is 17.5 Å². The molecule has 0 bridgehead atoms. The summed E-state index contributed by atoms with van der Waals surface area (Å²) in [6.45, 7) is 2.41. The molecular weight excluding hydrogens is 381 g/mol. The second-order valence-electron chi connectivity index (χ2n) is 5.32. The van der Waals surface area contributed by atoms with Gasteiger partial charge >= 0.3 is 0 Å². The lowest BCUT2D eigenvalue weighted by Crippen LogP contribution is -2.26. The molecule has 2 amide bonds. The Labute approximate surface area is 159 Å². The minimum atomic E-state index is -0.614. The van der Waals surface area contributed by atoms with Crippen molar-refractivity contribution in [2.24, 2.45) is 0 Å². The summed E-state index contributed by atoms with van der Waals surface area (Å²) in [5.74, 6) is -0.967. The molecule has 0 aromatic heterocycles. The van der Waals surface area contributed by atoms with Crippen molar-refractivity contribution in [3.05, 3.63) is 67.7 Å². The minimum Gasteiger partial charge on any atom is -0.352 e. The van der Waals surface area contributed by atoms with Crippen molar-refractivity contribution in [2.45, 2.75) is 13.3 Å². The van der Waals surface area contributed by atoms with Crippen LogP contribution in [0.4, 0.5) is 11.4 Å². The normalized spacial score (nSPS) is 10.3. The fourth-order valence-electron chi connectivity index (χ4n) is 2.14. The van der Waals surface area contributed by atoms with E-state index in [1.165, 1.54) is 30.3 Å². The molecule has 2 N–H and O–H groups in total. The smallest absolute Gasteiger partial charge is 0.270 e. The average molecular weight is 396 g/mol. The Bertz CT molecular complexity index is 871. The van der Waals surface area contributed by atoms with Gasteiger partial charge in [0.2, 0.25) is 0 Å². The minimum absolute atomic E-state index is 0.0390. The lowest BCUT2D eigenvalue weighted by Gasteiger charge is -2.12. The Balaban J connectivity index is 2.30. The Morgan fingerprint density at radius 1 is 1.08 bits per heavy atom. The second-order valence-corrected chi connectivity index (χ2v) is 6.16. The van der Waals surface area contributed by atoms with Crippen molar-refractivity contribution in [2.75, 3.05) is 11.9 Å². The highest BCUT2D eigenvalue weighted by Gasteiger charge is 2.18.